The van der Waals surface area contributed by atoms with Crippen LogP contribution in [0.3, 0.4) is 0 Å². The number of hydrogen-bond acceptors (Lipinski definition) is 7. The highest BCUT2D eigenvalue weighted by atomic mass is 32.1. The molecular weight excluding hydrogens is 657 g/mol. The second-order valence-electron chi connectivity index (χ2n) is 14.9. The van der Waals surface area contributed by atoms with Crippen molar-refractivity contribution in [2.24, 2.45) is 11.8 Å². The fourth-order valence-corrected chi connectivity index (χ4v) is 7.25. The lowest BCUT2D eigenvalue weighted by atomic mass is 9.89. The number of carbonyl (C=O) groups is 3. The van der Waals surface area contributed by atoms with E-state index in [1.165, 1.54) is 37.0 Å². The molecule has 3 heterocycles. The summed E-state index contributed by atoms with van der Waals surface area (Å²) in [5, 5.41) is 0. The minimum Gasteiger partial charge on any atom is -0.494 e. The minimum absolute atomic E-state index is 0.0251. The first-order valence-corrected chi connectivity index (χ1v) is 19.0. The zero-order valence-electron chi connectivity index (χ0n) is 31.0. The van der Waals surface area contributed by atoms with Gasteiger partial charge in [0.2, 0.25) is 11.8 Å². The third-order valence-electron chi connectivity index (χ3n) is 9.43. The van der Waals surface area contributed by atoms with Crippen LogP contribution in [0.15, 0.2) is 73.1 Å². The average Bonchev–Trinajstić information content (AvgIpc) is 3.61. The van der Waals surface area contributed by atoms with E-state index in [0.717, 1.165) is 45.9 Å². The van der Waals surface area contributed by atoms with Gasteiger partial charge in [-0.3, -0.25) is 14.4 Å². The van der Waals surface area contributed by atoms with Crippen molar-refractivity contribution in [2.75, 3.05) is 33.8 Å². The molecule has 9 heteroatoms. The third kappa shape index (κ3) is 10.1. The lowest BCUT2D eigenvalue weighted by Crippen LogP contribution is -2.57. The molecule has 0 N–H and O–H groups in total. The number of amides is 2. The Morgan fingerprint density at radius 2 is 1.51 bits per heavy atom. The minimum atomic E-state index is -0.530. The molecule has 5 rings (SSSR count). The molecule has 0 aliphatic carbocycles. The van der Waals surface area contributed by atoms with Gasteiger partial charge >= 0.3 is 0 Å². The smallest absolute Gasteiger partial charge is 0.228 e. The van der Waals surface area contributed by atoms with Gasteiger partial charge in [0.25, 0.3) is 0 Å². The predicted molar refractivity (Wildman–Crippen MR) is 205 cm³/mol. The highest BCUT2D eigenvalue weighted by molar-refractivity contribution is 7.14. The Bertz CT molecular complexity index is 1750. The Morgan fingerprint density at radius 1 is 0.863 bits per heavy atom. The van der Waals surface area contributed by atoms with E-state index in [-0.39, 0.29) is 35.4 Å². The summed E-state index contributed by atoms with van der Waals surface area (Å²) >= 11 is 1.50. The van der Waals surface area contributed by atoms with E-state index < -0.39 is 5.92 Å². The van der Waals surface area contributed by atoms with Crippen molar-refractivity contribution in [3.05, 3.63) is 88.4 Å². The number of benzene rings is 2. The molecule has 1 atom stereocenters. The van der Waals surface area contributed by atoms with Crippen molar-refractivity contribution in [1.29, 1.82) is 0 Å². The van der Waals surface area contributed by atoms with Crippen LogP contribution >= 0.6 is 11.3 Å². The van der Waals surface area contributed by atoms with E-state index in [1.54, 1.807) is 23.9 Å². The highest BCUT2D eigenvalue weighted by Gasteiger charge is 2.39. The van der Waals surface area contributed by atoms with E-state index in [1.807, 2.05) is 73.1 Å². The van der Waals surface area contributed by atoms with Crippen molar-refractivity contribution in [2.45, 2.75) is 78.1 Å². The average molecular weight is 709 g/mol. The van der Waals surface area contributed by atoms with Gasteiger partial charge in [-0.1, -0.05) is 89.8 Å². The highest BCUT2D eigenvalue weighted by Crippen LogP contribution is 2.32. The summed E-state index contributed by atoms with van der Waals surface area (Å²) in [5.41, 5.74) is 3.72. The first-order chi connectivity index (χ1) is 24.4. The Kier molecular flexibility index (Phi) is 12.8. The van der Waals surface area contributed by atoms with Gasteiger partial charge in [0, 0.05) is 67.9 Å². The van der Waals surface area contributed by atoms with E-state index in [2.05, 4.69) is 37.7 Å². The number of rotatable bonds is 16. The van der Waals surface area contributed by atoms with Gasteiger partial charge in [-0.05, 0) is 53.6 Å². The van der Waals surface area contributed by atoms with Crippen molar-refractivity contribution in [3.8, 4) is 28.3 Å². The summed E-state index contributed by atoms with van der Waals surface area (Å²) < 4.78 is 5.91. The fourth-order valence-electron chi connectivity index (χ4n) is 6.24. The number of hydrogen-bond donors (Lipinski definition) is 0. The van der Waals surface area contributed by atoms with Crippen LogP contribution in [0.4, 0.5) is 0 Å². The maximum atomic E-state index is 13.8. The Morgan fingerprint density at radius 3 is 2.12 bits per heavy atom. The monoisotopic (exact) mass is 708 g/mol. The van der Waals surface area contributed by atoms with Crippen LogP contribution in [0.1, 0.15) is 86.3 Å². The molecule has 1 saturated heterocycles. The third-order valence-corrected chi connectivity index (χ3v) is 11.0. The number of ether oxygens (including phenoxy) is 1. The van der Waals surface area contributed by atoms with Crippen molar-refractivity contribution < 1.29 is 19.1 Å². The van der Waals surface area contributed by atoms with Gasteiger partial charge in [-0.15, -0.1) is 11.3 Å². The van der Waals surface area contributed by atoms with Crippen LogP contribution < -0.4 is 4.74 Å². The Hall–Kier alpha value is -4.37. The number of Topliss-reactive ketones (excluding diaryl/α,β-unsaturated/α-hetero) is 1. The van der Waals surface area contributed by atoms with Crippen LogP contribution in [-0.2, 0) is 21.4 Å². The number of unbranched alkanes of at least 4 members (excludes halogenated alkanes) is 4. The van der Waals surface area contributed by atoms with E-state index >= 15 is 0 Å². The van der Waals surface area contributed by atoms with Crippen LogP contribution in [-0.4, -0.2) is 71.2 Å². The van der Waals surface area contributed by atoms with E-state index in [0.29, 0.717) is 30.2 Å². The lowest BCUT2D eigenvalue weighted by molar-refractivity contribution is -0.149. The van der Waals surface area contributed by atoms with Crippen LogP contribution in [0.2, 0.25) is 0 Å². The molecule has 0 bridgehead atoms. The van der Waals surface area contributed by atoms with Crippen LogP contribution in [0.5, 0.6) is 5.75 Å². The predicted octanol–water partition coefficient (Wildman–Crippen LogP) is 8.50. The summed E-state index contributed by atoms with van der Waals surface area (Å²) in [6.07, 6.45) is 10.3. The normalized spacial score (nSPS) is 13.8. The number of nitrogens with zero attached hydrogens (tertiary/aromatic N) is 4. The second kappa shape index (κ2) is 17.2. The molecule has 270 valence electrons. The lowest BCUT2D eigenvalue weighted by Gasteiger charge is -2.41. The molecule has 1 aliphatic heterocycles. The van der Waals surface area contributed by atoms with Gasteiger partial charge < -0.3 is 14.5 Å². The summed E-state index contributed by atoms with van der Waals surface area (Å²) in [6, 6.07) is 19.8. The molecule has 0 unspecified atom stereocenters. The number of likely N-dealkylation sites (tertiary alicyclic amines) is 1. The zero-order chi connectivity index (χ0) is 36.5. The molecule has 0 radical (unpaired) electrons. The quantitative estimate of drug-likeness (QED) is 0.0857. The van der Waals surface area contributed by atoms with Gasteiger partial charge in [-0.2, -0.15) is 0 Å². The van der Waals surface area contributed by atoms with Gasteiger partial charge in [0.05, 0.1) is 17.4 Å². The molecule has 8 nitrogen and oxygen atoms in total. The Balaban J connectivity index is 1.22. The maximum absolute atomic E-state index is 13.8. The maximum Gasteiger partial charge on any atom is 0.228 e. The first-order valence-electron chi connectivity index (χ1n) is 18.2. The second-order valence-corrected chi connectivity index (χ2v) is 16.0. The fraction of sp³-hybridized carbons (Fsp3) is 0.452. The van der Waals surface area contributed by atoms with Crippen LogP contribution in [0.25, 0.3) is 22.5 Å². The van der Waals surface area contributed by atoms with Gasteiger partial charge in [0.1, 0.15) is 5.75 Å². The van der Waals surface area contributed by atoms with Crippen molar-refractivity contribution in [3.63, 3.8) is 0 Å². The molecule has 1 aliphatic rings. The van der Waals surface area contributed by atoms with Gasteiger partial charge in [-0.25, -0.2) is 9.97 Å². The molecular formula is C42H52N4O4S. The summed E-state index contributed by atoms with van der Waals surface area (Å²) in [6.45, 7) is 10.1. The van der Waals surface area contributed by atoms with E-state index in [9.17, 15) is 14.4 Å². The number of carbonyl (C=O) groups excluding carboxylic acids is 3. The molecule has 0 spiro atoms. The van der Waals surface area contributed by atoms with Crippen LogP contribution in [0, 0.1) is 11.8 Å². The molecule has 2 aromatic heterocycles. The topological polar surface area (TPSA) is 92.7 Å². The Labute approximate surface area is 307 Å². The van der Waals surface area contributed by atoms with Crippen molar-refractivity contribution in [1.82, 2.24) is 19.8 Å². The molecule has 4 aromatic rings. The first kappa shape index (κ1) is 37.9. The SMILES string of the molecule is CCCCCCCOc1ccc(-c2cnc(-c3ccc(C[C@H](CC(=O)c4ccc(C(C)(C)C)s4)C(=O)N4CC(C(=O)N(C)C)C4)cc3)nc2)cc1. The molecule has 0 saturated carbocycles. The number of aromatic nitrogens is 2. The standard InChI is InChI=1S/C42H52N4O4S/c1-7-8-9-10-11-22-50-35-18-16-30(17-19-35)33-25-43-39(44-26-33)31-14-12-29(13-15-31)23-32(41(49)46-27-34(28-46)40(48)45(5)6)24-36(47)37-20-21-38(51-37)42(2,3)4/h12-21,25-26,32,34H,7-11,22-24,27-28H2,1-6H3/t32-/m1/s1. The number of thiophene rings is 1. The van der Waals surface area contributed by atoms with Gasteiger partial charge in [0.15, 0.2) is 11.6 Å². The number of ketones is 1. The summed E-state index contributed by atoms with van der Waals surface area (Å²) in [4.78, 5) is 54.1. The molecule has 51 heavy (non-hydrogen) atoms. The van der Waals surface area contributed by atoms with E-state index in [4.69, 9.17) is 4.74 Å². The summed E-state index contributed by atoms with van der Waals surface area (Å²) in [7, 11) is 3.46. The van der Waals surface area contributed by atoms with Crippen molar-refractivity contribution >= 4 is 28.9 Å². The summed E-state index contributed by atoms with van der Waals surface area (Å²) in [5.74, 6) is 0.676. The zero-order valence-corrected chi connectivity index (χ0v) is 31.8. The molecule has 2 amide bonds. The molecule has 2 aromatic carbocycles. The molecule has 1 fully saturated rings. The largest absolute Gasteiger partial charge is 0.494 e.